The van der Waals surface area contributed by atoms with E-state index in [2.05, 4.69) is 12.2 Å². The summed E-state index contributed by atoms with van der Waals surface area (Å²) in [7, 11) is 0. The van der Waals surface area contributed by atoms with Crippen molar-refractivity contribution >= 4 is 5.91 Å². The van der Waals surface area contributed by atoms with Gasteiger partial charge in [0.2, 0.25) is 5.91 Å². The van der Waals surface area contributed by atoms with Crippen LogP contribution in [0.1, 0.15) is 96.8 Å². The minimum Gasteiger partial charge on any atom is -0.490 e. The number of rotatable bonds is 4. The van der Waals surface area contributed by atoms with Crippen LogP contribution in [0, 0.1) is 11.8 Å². The zero-order valence-electron chi connectivity index (χ0n) is 18.9. The van der Waals surface area contributed by atoms with Crippen molar-refractivity contribution in [2.45, 2.75) is 103 Å². The molecule has 3 aliphatic rings. The van der Waals surface area contributed by atoms with Gasteiger partial charge >= 0.3 is 0 Å². The van der Waals surface area contributed by atoms with Crippen molar-refractivity contribution in [3.05, 3.63) is 47.9 Å². The standard InChI is InChI=1S/C27H41NO2/c1-22-12-8-14-23(15-9-13-22)27(29)28-24-16-10-20-26(21-11-17-24)30-25-18-6-4-2-3-5-7-19-25/h10-11,16-17,20-23,25H,2-9,12-15,18-19H2,1H3,(H,28,29)/b16-10-,17-11?,20-10?,21-11-,24-16?,24-17+,26-20+,26-21?. The minimum absolute atomic E-state index is 0.152. The molecule has 0 aromatic carbocycles. The molecule has 3 heteroatoms. The molecule has 3 rings (SSSR count). The van der Waals surface area contributed by atoms with Crippen LogP contribution in [0.25, 0.3) is 0 Å². The van der Waals surface area contributed by atoms with Crippen LogP contribution in [0.2, 0.25) is 0 Å². The molecule has 3 nitrogen and oxygen atoms in total. The van der Waals surface area contributed by atoms with E-state index in [1.807, 2.05) is 36.5 Å². The number of ether oxygens (including phenoxy) is 1. The highest BCUT2D eigenvalue weighted by molar-refractivity contribution is 5.81. The Hall–Kier alpha value is -1.77. The molecular weight excluding hydrogens is 370 g/mol. The summed E-state index contributed by atoms with van der Waals surface area (Å²) < 4.78 is 6.31. The lowest BCUT2D eigenvalue weighted by Crippen LogP contribution is -2.30. The predicted octanol–water partition coefficient (Wildman–Crippen LogP) is 7.12. The van der Waals surface area contributed by atoms with Crippen LogP contribution in [0.15, 0.2) is 47.9 Å². The highest BCUT2D eigenvalue weighted by atomic mass is 16.5. The Morgan fingerprint density at radius 1 is 0.800 bits per heavy atom. The number of nitrogens with one attached hydrogen (secondary N) is 1. The normalized spacial score (nSPS) is 32.7. The van der Waals surface area contributed by atoms with E-state index in [-0.39, 0.29) is 11.8 Å². The molecule has 0 radical (unpaired) electrons. The van der Waals surface area contributed by atoms with Crippen LogP contribution in [0.4, 0.5) is 0 Å². The summed E-state index contributed by atoms with van der Waals surface area (Å²) in [5.41, 5.74) is 0.865. The quantitative estimate of drug-likeness (QED) is 0.534. The number of allylic oxidation sites excluding steroid dienone is 6. The van der Waals surface area contributed by atoms with Crippen molar-refractivity contribution < 1.29 is 9.53 Å². The van der Waals surface area contributed by atoms with Crippen molar-refractivity contribution in [1.82, 2.24) is 5.32 Å². The number of hydrogen-bond acceptors (Lipinski definition) is 2. The number of carbonyl (C=O) groups is 1. The highest BCUT2D eigenvalue weighted by Crippen LogP contribution is 2.26. The molecule has 1 amide bonds. The summed E-state index contributed by atoms with van der Waals surface area (Å²) in [5, 5.41) is 3.15. The molecule has 0 aromatic heterocycles. The lowest BCUT2D eigenvalue weighted by molar-refractivity contribution is -0.124. The van der Waals surface area contributed by atoms with E-state index >= 15 is 0 Å². The van der Waals surface area contributed by atoms with Crippen LogP contribution in [0.3, 0.4) is 0 Å². The molecule has 2 fully saturated rings. The Labute approximate surface area is 183 Å². The molecular formula is C27H41NO2. The van der Waals surface area contributed by atoms with Crippen molar-refractivity contribution in [1.29, 1.82) is 0 Å². The van der Waals surface area contributed by atoms with Gasteiger partial charge in [0, 0.05) is 11.6 Å². The van der Waals surface area contributed by atoms with Crippen molar-refractivity contribution in [2.75, 3.05) is 0 Å². The van der Waals surface area contributed by atoms with Gasteiger partial charge in [0.15, 0.2) is 0 Å². The van der Waals surface area contributed by atoms with E-state index < -0.39 is 0 Å². The number of amides is 1. The van der Waals surface area contributed by atoms with E-state index in [9.17, 15) is 4.79 Å². The smallest absolute Gasteiger partial charge is 0.227 e. The molecule has 0 atom stereocenters. The first-order valence-corrected chi connectivity index (χ1v) is 12.4. The molecule has 0 spiro atoms. The molecule has 2 saturated carbocycles. The van der Waals surface area contributed by atoms with E-state index in [0.29, 0.717) is 6.10 Å². The molecule has 0 heterocycles. The van der Waals surface area contributed by atoms with Gasteiger partial charge in [-0.15, -0.1) is 0 Å². The molecule has 166 valence electrons. The fourth-order valence-corrected chi connectivity index (χ4v) is 4.89. The molecule has 0 saturated heterocycles. The zero-order valence-corrected chi connectivity index (χ0v) is 18.9. The van der Waals surface area contributed by atoms with Gasteiger partial charge in [0.25, 0.3) is 0 Å². The van der Waals surface area contributed by atoms with E-state index in [0.717, 1.165) is 43.1 Å². The van der Waals surface area contributed by atoms with Crippen molar-refractivity contribution in [2.24, 2.45) is 11.8 Å². The summed E-state index contributed by atoms with van der Waals surface area (Å²) in [5.74, 6) is 2.07. The van der Waals surface area contributed by atoms with Crippen molar-refractivity contribution in [3.8, 4) is 0 Å². The molecule has 1 N–H and O–H groups in total. The monoisotopic (exact) mass is 411 g/mol. The first-order chi connectivity index (χ1) is 14.7. The third kappa shape index (κ3) is 8.16. The summed E-state index contributed by atoms with van der Waals surface area (Å²) in [6, 6.07) is 0. The lowest BCUT2D eigenvalue weighted by atomic mass is 9.86. The lowest BCUT2D eigenvalue weighted by Gasteiger charge is -2.22. The van der Waals surface area contributed by atoms with E-state index in [1.165, 1.54) is 64.2 Å². The maximum atomic E-state index is 12.8. The second kappa shape index (κ2) is 12.8. The Balaban J connectivity index is 1.49. The first kappa shape index (κ1) is 22.9. The van der Waals surface area contributed by atoms with E-state index in [1.54, 1.807) is 0 Å². The highest BCUT2D eigenvalue weighted by Gasteiger charge is 2.21. The summed E-state index contributed by atoms with van der Waals surface area (Å²) in [6.07, 6.45) is 29.5. The van der Waals surface area contributed by atoms with Gasteiger partial charge in [-0.05, 0) is 68.7 Å². The predicted molar refractivity (Wildman–Crippen MR) is 125 cm³/mol. The Morgan fingerprint density at radius 3 is 2.13 bits per heavy atom. The fraction of sp³-hybridized carbons (Fsp3) is 0.667. The second-order valence-corrected chi connectivity index (χ2v) is 9.50. The Kier molecular flexibility index (Phi) is 9.79. The average molecular weight is 412 g/mol. The maximum Gasteiger partial charge on any atom is 0.227 e. The summed E-state index contributed by atoms with van der Waals surface area (Å²) in [6.45, 7) is 2.33. The van der Waals surface area contributed by atoms with Gasteiger partial charge in [-0.2, -0.15) is 0 Å². The molecule has 0 bridgehead atoms. The SMILES string of the molecule is CC1CCCC(C(=O)NC2=C/C=C\C(OC3CCCCCCCC3)=C/C=C\2)CCC1. The molecule has 0 aromatic rings. The van der Waals surface area contributed by atoms with Gasteiger partial charge in [-0.3, -0.25) is 4.79 Å². The van der Waals surface area contributed by atoms with Gasteiger partial charge < -0.3 is 10.1 Å². The van der Waals surface area contributed by atoms with Gasteiger partial charge in [-0.1, -0.05) is 70.4 Å². The van der Waals surface area contributed by atoms with E-state index in [4.69, 9.17) is 4.74 Å². The second-order valence-electron chi connectivity index (χ2n) is 9.50. The van der Waals surface area contributed by atoms with Crippen LogP contribution >= 0.6 is 0 Å². The van der Waals surface area contributed by atoms with Gasteiger partial charge in [0.1, 0.15) is 5.76 Å². The summed E-state index contributed by atoms with van der Waals surface area (Å²) in [4.78, 5) is 12.8. The summed E-state index contributed by atoms with van der Waals surface area (Å²) >= 11 is 0. The third-order valence-electron chi connectivity index (χ3n) is 6.81. The van der Waals surface area contributed by atoms with Crippen LogP contribution in [0.5, 0.6) is 0 Å². The largest absolute Gasteiger partial charge is 0.490 e. The third-order valence-corrected chi connectivity index (χ3v) is 6.81. The van der Waals surface area contributed by atoms with Gasteiger partial charge in [0.05, 0.1) is 6.10 Å². The van der Waals surface area contributed by atoms with Crippen LogP contribution in [-0.2, 0) is 9.53 Å². The molecule has 3 aliphatic carbocycles. The zero-order chi connectivity index (χ0) is 21.0. The maximum absolute atomic E-state index is 12.8. The topological polar surface area (TPSA) is 38.3 Å². The minimum atomic E-state index is 0.152. The number of hydrogen-bond donors (Lipinski definition) is 1. The Morgan fingerprint density at radius 2 is 1.43 bits per heavy atom. The average Bonchev–Trinajstić information content (AvgIpc) is 2.82. The number of carbonyl (C=O) groups excluding carboxylic acids is 1. The van der Waals surface area contributed by atoms with Crippen LogP contribution in [-0.4, -0.2) is 12.0 Å². The van der Waals surface area contributed by atoms with Crippen molar-refractivity contribution in [3.63, 3.8) is 0 Å². The first-order valence-electron chi connectivity index (χ1n) is 12.4. The Bertz CT molecular complexity index is 638. The fourth-order valence-electron chi connectivity index (χ4n) is 4.89. The molecule has 0 unspecified atom stereocenters. The van der Waals surface area contributed by atoms with Crippen LogP contribution < -0.4 is 5.32 Å². The molecule has 0 aliphatic heterocycles. The molecule has 30 heavy (non-hydrogen) atoms. The van der Waals surface area contributed by atoms with Gasteiger partial charge in [-0.25, -0.2) is 0 Å².